The quantitative estimate of drug-likeness (QED) is 0.540. The molecule has 0 spiro atoms. The molecule has 0 aliphatic heterocycles. The molecule has 0 bridgehead atoms. The molecule has 0 fully saturated rings. The number of hydrogen-bond acceptors (Lipinski definition) is 2. The van der Waals surface area contributed by atoms with Crippen molar-refractivity contribution in [3.05, 3.63) is 90.0 Å². The minimum atomic E-state index is 0.521. The molecule has 0 unspecified atom stereocenters. The van der Waals surface area contributed by atoms with Gasteiger partial charge in [-0.25, -0.2) is 0 Å². The summed E-state index contributed by atoms with van der Waals surface area (Å²) in [5.74, 6) is 3.06. The summed E-state index contributed by atoms with van der Waals surface area (Å²) in [6.45, 7) is 4.89. The van der Waals surface area contributed by atoms with E-state index >= 15 is 0 Å². The van der Waals surface area contributed by atoms with Gasteiger partial charge in [0.1, 0.15) is 23.9 Å². The molecule has 2 heteroatoms. The first-order chi connectivity index (χ1) is 11.7. The van der Waals surface area contributed by atoms with Crippen LogP contribution in [-0.4, -0.2) is 0 Å². The van der Waals surface area contributed by atoms with Crippen molar-refractivity contribution in [1.29, 1.82) is 0 Å². The van der Waals surface area contributed by atoms with Crippen molar-refractivity contribution in [3.8, 4) is 17.2 Å². The minimum absolute atomic E-state index is 0.521. The standard InChI is InChI=1S/C22H22O2/c1-17(2)19-11-13-21(14-12-19)24-22-10-6-7-18(15-22)16-23-20-8-4-3-5-9-20/h3-15,17H,16H2,1-2H3. The van der Waals surface area contributed by atoms with Gasteiger partial charge in [-0.1, -0.05) is 56.3 Å². The number of ether oxygens (including phenoxy) is 2. The van der Waals surface area contributed by atoms with Gasteiger partial charge < -0.3 is 9.47 Å². The molecule has 0 heterocycles. The Labute approximate surface area is 143 Å². The Hall–Kier alpha value is -2.74. The van der Waals surface area contributed by atoms with Gasteiger partial charge in [-0.3, -0.25) is 0 Å². The Balaban J connectivity index is 1.64. The Morgan fingerprint density at radius 2 is 1.42 bits per heavy atom. The molecular formula is C22H22O2. The van der Waals surface area contributed by atoms with E-state index in [1.807, 2.05) is 66.7 Å². The van der Waals surface area contributed by atoms with Crippen molar-refractivity contribution in [1.82, 2.24) is 0 Å². The maximum Gasteiger partial charge on any atom is 0.127 e. The van der Waals surface area contributed by atoms with Crippen LogP contribution in [0.3, 0.4) is 0 Å². The molecule has 2 nitrogen and oxygen atoms in total. The zero-order valence-corrected chi connectivity index (χ0v) is 14.1. The first kappa shape index (κ1) is 16.1. The first-order valence-electron chi connectivity index (χ1n) is 8.25. The van der Waals surface area contributed by atoms with Crippen molar-refractivity contribution in [2.45, 2.75) is 26.4 Å². The van der Waals surface area contributed by atoms with Crippen LogP contribution in [0, 0.1) is 0 Å². The Morgan fingerprint density at radius 1 is 0.708 bits per heavy atom. The lowest BCUT2D eigenvalue weighted by Crippen LogP contribution is -1.95. The molecule has 3 rings (SSSR count). The van der Waals surface area contributed by atoms with Gasteiger partial charge >= 0.3 is 0 Å². The SMILES string of the molecule is CC(C)c1ccc(Oc2cccc(COc3ccccc3)c2)cc1. The van der Waals surface area contributed by atoms with Gasteiger partial charge in [-0.05, 0) is 53.4 Å². The maximum atomic E-state index is 5.95. The summed E-state index contributed by atoms with van der Waals surface area (Å²) in [6, 6.07) is 26.1. The zero-order valence-electron chi connectivity index (χ0n) is 14.1. The maximum absolute atomic E-state index is 5.95. The molecule has 24 heavy (non-hydrogen) atoms. The van der Waals surface area contributed by atoms with Crippen LogP contribution in [0.1, 0.15) is 30.9 Å². The number of benzene rings is 3. The third-order valence-electron chi connectivity index (χ3n) is 3.83. The molecule has 0 saturated heterocycles. The van der Waals surface area contributed by atoms with Gasteiger partial charge in [0.15, 0.2) is 0 Å². The summed E-state index contributed by atoms with van der Waals surface area (Å²) < 4.78 is 11.7. The lowest BCUT2D eigenvalue weighted by molar-refractivity contribution is 0.305. The van der Waals surface area contributed by atoms with Gasteiger partial charge in [-0.15, -0.1) is 0 Å². The summed E-state index contributed by atoms with van der Waals surface area (Å²) >= 11 is 0. The summed E-state index contributed by atoms with van der Waals surface area (Å²) in [5.41, 5.74) is 2.39. The van der Waals surface area contributed by atoms with Crippen LogP contribution < -0.4 is 9.47 Å². The van der Waals surface area contributed by atoms with Gasteiger partial charge in [0.05, 0.1) is 0 Å². The number of hydrogen-bond donors (Lipinski definition) is 0. The van der Waals surface area contributed by atoms with E-state index in [-0.39, 0.29) is 0 Å². The minimum Gasteiger partial charge on any atom is -0.489 e. The van der Waals surface area contributed by atoms with E-state index in [0.717, 1.165) is 22.8 Å². The second-order valence-corrected chi connectivity index (χ2v) is 6.07. The van der Waals surface area contributed by atoms with Crippen LogP contribution in [0.25, 0.3) is 0 Å². The second kappa shape index (κ2) is 7.69. The van der Waals surface area contributed by atoms with E-state index in [1.165, 1.54) is 5.56 Å². The fraction of sp³-hybridized carbons (Fsp3) is 0.182. The smallest absolute Gasteiger partial charge is 0.127 e. The Morgan fingerprint density at radius 3 is 2.12 bits per heavy atom. The molecule has 0 amide bonds. The third kappa shape index (κ3) is 4.39. The molecule has 3 aromatic carbocycles. The Bertz CT molecular complexity index is 761. The highest BCUT2D eigenvalue weighted by Crippen LogP contribution is 2.25. The topological polar surface area (TPSA) is 18.5 Å². The molecular weight excluding hydrogens is 296 g/mol. The van der Waals surface area contributed by atoms with E-state index in [1.54, 1.807) is 0 Å². The zero-order chi connectivity index (χ0) is 16.8. The van der Waals surface area contributed by atoms with Gasteiger partial charge in [-0.2, -0.15) is 0 Å². The highest BCUT2D eigenvalue weighted by molar-refractivity contribution is 5.36. The van der Waals surface area contributed by atoms with Crippen molar-refractivity contribution in [3.63, 3.8) is 0 Å². The van der Waals surface area contributed by atoms with Crippen LogP contribution in [0.15, 0.2) is 78.9 Å². The number of rotatable bonds is 6. The highest BCUT2D eigenvalue weighted by atomic mass is 16.5. The van der Waals surface area contributed by atoms with Crippen molar-refractivity contribution in [2.75, 3.05) is 0 Å². The third-order valence-corrected chi connectivity index (χ3v) is 3.83. The lowest BCUT2D eigenvalue weighted by Gasteiger charge is -2.10. The molecule has 0 saturated carbocycles. The van der Waals surface area contributed by atoms with Crippen LogP contribution in [-0.2, 0) is 6.61 Å². The fourth-order valence-corrected chi connectivity index (χ4v) is 2.44. The average Bonchev–Trinajstić information content (AvgIpc) is 2.62. The molecule has 0 atom stereocenters. The van der Waals surface area contributed by atoms with Crippen molar-refractivity contribution < 1.29 is 9.47 Å². The van der Waals surface area contributed by atoms with Gasteiger partial charge in [0, 0.05) is 0 Å². The average molecular weight is 318 g/mol. The van der Waals surface area contributed by atoms with E-state index in [0.29, 0.717) is 12.5 Å². The lowest BCUT2D eigenvalue weighted by atomic mass is 10.0. The van der Waals surface area contributed by atoms with Crippen molar-refractivity contribution in [2.24, 2.45) is 0 Å². The molecule has 0 radical (unpaired) electrons. The molecule has 0 aromatic heterocycles. The van der Waals surface area contributed by atoms with Crippen LogP contribution in [0.4, 0.5) is 0 Å². The first-order valence-corrected chi connectivity index (χ1v) is 8.25. The molecule has 3 aromatic rings. The van der Waals surface area contributed by atoms with E-state index in [9.17, 15) is 0 Å². The molecule has 0 aliphatic carbocycles. The number of para-hydroxylation sites is 1. The van der Waals surface area contributed by atoms with Gasteiger partial charge in [0.2, 0.25) is 0 Å². The largest absolute Gasteiger partial charge is 0.489 e. The summed E-state index contributed by atoms with van der Waals surface area (Å²) in [5, 5.41) is 0. The monoisotopic (exact) mass is 318 g/mol. The van der Waals surface area contributed by atoms with Crippen LogP contribution >= 0.6 is 0 Å². The molecule has 0 aliphatic rings. The highest BCUT2D eigenvalue weighted by Gasteiger charge is 2.02. The molecule has 0 N–H and O–H groups in total. The van der Waals surface area contributed by atoms with Crippen molar-refractivity contribution >= 4 is 0 Å². The van der Waals surface area contributed by atoms with E-state index in [4.69, 9.17) is 9.47 Å². The predicted octanol–water partition coefficient (Wildman–Crippen LogP) is 6.18. The van der Waals surface area contributed by atoms with E-state index in [2.05, 4.69) is 26.0 Å². The predicted molar refractivity (Wildman–Crippen MR) is 97.8 cm³/mol. The Kier molecular flexibility index (Phi) is 5.17. The normalized spacial score (nSPS) is 10.6. The van der Waals surface area contributed by atoms with Crippen LogP contribution in [0.5, 0.6) is 17.2 Å². The summed E-state index contributed by atoms with van der Waals surface area (Å²) in [4.78, 5) is 0. The van der Waals surface area contributed by atoms with Gasteiger partial charge in [0.25, 0.3) is 0 Å². The summed E-state index contributed by atoms with van der Waals surface area (Å²) in [6.07, 6.45) is 0. The summed E-state index contributed by atoms with van der Waals surface area (Å²) in [7, 11) is 0. The molecule has 122 valence electrons. The second-order valence-electron chi connectivity index (χ2n) is 6.07. The fourth-order valence-electron chi connectivity index (χ4n) is 2.44. The van der Waals surface area contributed by atoms with E-state index < -0.39 is 0 Å². The van der Waals surface area contributed by atoms with Crippen LogP contribution in [0.2, 0.25) is 0 Å².